The molecule has 21 heavy (non-hydrogen) atoms. The fraction of sp³-hybridized carbons (Fsp3) is 0.529. The summed E-state index contributed by atoms with van der Waals surface area (Å²) in [5, 5.41) is 8.98. The SMILES string of the molecule is CC(C#N)N1CCN(C(=O)C2(c3ccccc3)CC2)CC1. The van der Waals surface area contributed by atoms with Gasteiger partial charge in [0.25, 0.3) is 0 Å². The summed E-state index contributed by atoms with van der Waals surface area (Å²) in [6.07, 6.45) is 1.93. The van der Waals surface area contributed by atoms with Crippen LogP contribution in [0.15, 0.2) is 30.3 Å². The molecule has 0 radical (unpaired) electrons. The summed E-state index contributed by atoms with van der Waals surface area (Å²) < 4.78 is 0. The molecule has 1 saturated heterocycles. The summed E-state index contributed by atoms with van der Waals surface area (Å²) in [7, 11) is 0. The molecular weight excluding hydrogens is 262 g/mol. The number of carbonyl (C=O) groups excluding carboxylic acids is 1. The number of benzene rings is 1. The number of hydrogen-bond acceptors (Lipinski definition) is 3. The molecule has 1 aliphatic heterocycles. The van der Waals surface area contributed by atoms with Gasteiger partial charge in [0, 0.05) is 26.2 Å². The predicted octanol–water partition coefficient (Wildman–Crippen LogP) is 1.77. The van der Waals surface area contributed by atoms with E-state index >= 15 is 0 Å². The van der Waals surface area contributed by atoms with E-state index in [4.69, 9.17) is 5.26 Å². The molecule has 1 aromatic rings. The summed E-state index contributed by atoms with van der Waals surface area (Å²) in [6.45, 7) is 4.99. The van der Waals surface area contributed by atoms with E-state index in [1.165, 1.54) is 0 Å². The first-order valence-electron chi connectivity index (χ1n) is 7.66. The van der Waals surface area contributed by atoms with Gasteiger partial charge in [-0.3, -0.25) is 9.69 Å². The van der Waals surface area contributed by atoms with Gasteiger partial charge in [-0.1, -0.05) is 30.3 Å². The molecule has 1 aliphatic carbocycles. The van der Waals surface area contributed by atoms with E-state index in [0.29, 0.717) is 0 Å². The van der Waals surface area contributed by atoms with Crippen LogP contribution in [0.3, 0.4) is 0 Å². The van der Waals surface area contributed by atoms with Crippen molar-refractivity contribution in [1.82, 2.24) is 9.80 Å². The van der Waals surface area contributed by atoms with E-state index in [2.05, 4.69) is 23.1 Å². The quantitative estimate of drug-likeness (QED) is 0.849. The van der Waals surface area contributed by atoms with Crippen LogP contribution in [-0.2, 0) is 10.2 Å². The average molecular weight is 283 g/mol. The molecule has 1 unspecified atom stereocenters. The summed E-state index contributed by atoms with van der Waals surface area (Å²) in [5.41, 5.74) is 0.896. The van der Waals surface area contributed by atoms with Crippen molar-refractivity contribution < 1.29 is 4.79 Å². The molecule has 1 aromatic carbocycles. The van der Waals surface area contributed by atoms with Crippen LogP contribution in [0.1, 0.15) is 25.3 Å². The second kappa shape index (κ2) is 5.50. The number of piperazine rings is 1. The highest BCUT2D eigenvalue weighted by atomic mass is 16.2. The van der Waals surface area contributed by atoms with E-state index in [-0.39, 0.29) is 17.4 Å². The Morgan fingerprint density at radius 3 is 2.33 bits per heavy atom. The molecule has 1 amide bonds. The second-order valence-electron chi connectivity index (χ2n) is 6.08. The fourth-order valence-electron chi connectivity index (χ4n) is 3.20. The lowest BCUT2D eigenvalue weighted by Crippen LogP contribution is -2.53. The third-order valence-electron chi connectivity index (χ3n) is 4.82. The van der Waals surface area contributed by atoms with Crippen LogP contribution in [0.25, 0.3) is 0 Å². The van der Waals surface area contributed by atoms with Crippen LogP contribution < -0.4 is 0 Å². The number of nitrogens with zero attached hydrogens (tertiary/aromatic N) is 3. The summed E-state index contributed by atoms with van der Waals surface area (Å²) in [5.74, 6) is 0.276. The van der Waals surface area contributed by atoms with Crippen LogP contribution >= 0.6 is 0 Å². The van der Waals surface area contributed by atoms with Gasteiger partial charge < -0.3 is 4.90 Å². The van der Waals surface area contributed by atoms with Crippen LogP contribution in [0.4, 0.5) is 0 Å². The molecule has 1 saturated carbocycles. The number of rotatable bonds is 3. The van der Waals surface area contributed by atoms with Gasteiger partial charge in [-0.15, -0.1) is 0 Å². The van der Waals surface area contributed by atoms with Crippen LogP contribution in [0, 0.1) is 11.3 Å². The van der Waals surface area contributed by atoms with Crippen molar-refractivity contribution in [2.24, 2.45) is 0 Å². The van der Waals surface area contributed by atoms with Crippen LogP contribution in [0.2, 0.25) is 0 Å². The average Bonchev–Trinajstić information content (AvgIpc) is 3.36. The molecule has 0 N–H and O–H groups in total. The first-order valence-corrected chi connectivity index (χ1v) is 7.66. The van der Waals surface area contributed by atoms with E-state index in [1.54, 1.807) is 0 Å². The van der Waals surface area contributed by atoms with Gasteiger partial charge in [-0.2, -0.15) is 5.26 Å². The molecule has 1 heterocycles. The van der Waals surface area contributed by atoms with Crippen molar-refractivity contribution in [3.05, 3.63) is 35.9 Å². The normalized spacial score (nSPS) is 22.4. The molecule has 3 rings (SSSR count). The molecule has 0 bridgehead atoms. The van der Waals surface area contributed by atoms with E-state index < -0.39 is 0 Å². The van der Waals surface area contributed by atoms with Crippen molar-refractivity contribution in [3.63, 3.8) is 0 Å². The lowest BCUT2D eigenvalue weighted by atomic mass is 9.94. The van der Waals surface area contributed by atoms with Crippen molar-refractivity contribution in [1.29, 1.82) is 5.26 Å². The van der Waals surface area contributed by atoms with Gasteiger partial charge in [0.2, 0.25) is 5.91 Å². The smallest absolute Gasteiger partial charge is 0.233 e. The lowest BCUT2D eigenvalue weighted by Gasteiger charge is -2.37. The highest BCUT2D eigenvalue weighted by Crippen LogP contribution is 2.49. The van der Waals surface area contributed by atoms with Gasteiger partial charge in [0.1, 0.15) is 0 Å². The van der Waals surface area contributed by atoms with Crippen molar-refractivity contribution >= 4 is 5.91 Å². The molecule has 2 aliphatic rings. The monoisotopic (exact) mass is 283 g/mol. The molecule has 0 spiro atoms. The van der Waals surface area contributed by atoms with E-state index in [0.717, 1.165) is 44.6 Å². The van der Waals surface area contributed by atoms with Gasteiger partial charge >= 0.3 is 0 Å². The first kappa shape index (κ1) is 14.1. The van der Waals surface area contributed by atoms with Crippen LogP contribution in [-0.4, -0.2) is 47.9 Å². The zero-order chi connectivity index (χ0) is 14.9. The number of amides is 1. The van der Waals surface area contributed by atoms with Crippen molar-refractivity contribution in [3.8, 4) is 6.07 Å². The Bertz CT molecular complexity index is 551. The minimum Gasteiger partial charge on any atom is -0.339 e. The van der Waals surface area contributed by atoms with Gasteiger partial charge in [-0.05, 0) is 25.3 Å². The molecule has 4 nitrogen and oxygen atoms in total. The summed E-state index contributed by atoms with van der Waals surface area (Å²) in [4.78, 5) is 17.0. The zero-order valence-electron chi connectivity index (χ0n) is 12.5. The second-order valence-corrected chi connectivity index (χ2v) is 6.08. The number of carbonyl (C=O) groups is 1. The van der Waals surface area contributed by atoms with E-state index in [1.807, 2.05) is 30.0 Å². The largest absolute Gasteiger partial charge is 0.339 e. The topological polar surface area (TPSA) is 47.3 Å². The maximum Gasteiger partial charge on any atom is 0.233 e. The molecular formula is C17H21N3O. The van der Waals surface area contributed by atoms with Crippen molar-refractivity contribution in [2.75, 3.05) is 26.2 Å². The molecule has 110 valence electrons. The van der Waals surface area contributed by atoms with Crippen molar-refractivity contribution in [2.45, 2.75) is 31.2 Å². The van der Waals surface area contributed by atoms with E-state index in [9.17, 15) is 4.79 Å². The van der Waals surface area contributed by atoms with Crippen LogP contribution in [0.5, 0.6) is 0 Å². The Kier molecular flexibility index (Phi) is 3.69. The lowest BCUT2D eigenvalue weighted by molar-refractivity contribution is -0.135. The minimum absolute atomic E-state index is 0.0636. The maximum absolute atomic E-state index is 12.9. The highest BCUT2D eigenvalue weighted by Gasteiger charge is 2.53. The minimum atomic E-state index is -0.260. The third kappa shape index (κ3) is 2.54. The Morgan fingerprint density at radius 2 is 1.81 bits per heavy atom. The summed E-state index contributed by atoms with van der Waals surface area (Å²) >= 11 is 0. The molecule has 4 heteroatoms. The Hall–Kier alpha value is -1.86. The zero-order valence-corrected chi connectivity index (χ0v) is 12.5. The first-order chi connectivity index (χ1) is 10.2. The molecule has 0 aromatic heterocycles. The summed E-state index contributed by atoms with van der Waals surface area (Å²) in [6, 6.07) is 12.4. The highest BCUT2D eigenvalue weighted by molar-refractivity contribution is 5.91. The fourth-order valence-corrected chi connectivity index (χ4v) is 3.20. The Balaban J connectivity index is 1.67. The Labute approximate surface area is 126 Å². The third-order valence-corrected chi connectivity index (χ3v) is 4.82. The van der Waals surface area contributed by atoms with Gasteiger partial charge in [-0.25, -0.2) is 0 Å². The number of hydrogen-bond donors (Lipinski definition) is 0. The Morgan fingerprint density at radius 1 is 1.19 bits per heavy atom. The molecule has 2 fully saturated rings. The van der Waals surface area contributed by atoms with Gasteiger partial charge in [0.15, 0.2) is 0 Å². The maximum atomic E-state index is 12.9. The predicted molar refractivity (Wildman–Crippen MR) is 80.6 cm³/mol. The van der Waals surface area contributed by atoms with Gasteiger partial charge in [0.05, 0.1) is 17.5 Å². The molecule has 1 atom stereocenters. The number of nitriles is 1. The standard InChI is InChI=1S/C17H21N3O/c1-14(13-18)19-9-11-20(12-10-19)16(21)17(7-8-17)15-5-3-2-4-6-15/h2-6,14H,7-12H2,1H3.